The van der Waals surface area contributed by atoms with Crippen molar-refractivity contribution in [1.82, 2.24) is 14.1 Å². The zero-order valence-corrected chi connectivity index (χ0v) is 16.9. The highest BCUT2D eigenvalue weighted by Crippen LogP contribution is 2.41. The Kier molecular flexibility index (Phi) is 5.44. The zero-order valence-electron chi connectivity index (χ0n) is 16.9. The van der Waals surface area contributed by atoms with Crippen molar-refractivity contribution in [3.8, 4) is 28.5 Å². The first-order valence-electron chi connectivity index (χ1n) is 9.05. The molecular formula is C19H23N4O6+. The molecule has 0 unspecified atom stereocenters. The highest BCUT2D eigenvalue weighted by atomic mass is 16.5. The lowest BCUT2D eigenvalue weighted by atomic mass is 10.1. The van der Waals surface area contributed by atoms with Crippen molar-refractivity contribution in [1.29, 1.82) is 0 Å². The average molecular weight is 403 g/mol. The molecule has 10 heteroatoms. The zero-order chi connectivity index (χ0) is 21.3. The highest BCUT2D eigenvalue weighted by molar-refractivity contribution is 5.89. The van der Waals surface area contributed by atoms with Crippen LogP contribution in [0.2, 0.25) is 0 Å². The summed E-state index contributed by atoms with van der Waals surface area (Å²) in [5.74, 6) is 1.11. The molecule has 2 heterocycles. The summed E-state index contributed by atoms with van der Waals surface area (Å²) in [6.07, 6.45) is 0. The van der Waals surface area contributed by atoms with E-state index in [2.05, 4.69) is 9.97 Å². The van der Waals surface area contributed by atoms with Crippen molar-refractivity contribution < 1.29 is 19.2 Å². The van der Waals surface area contributed by atoms with Crippen molar-refractivity contribution >= 4 is 11.0 Å². The van der Waals surface area contributed by atoms with E-state index < -0.39 is 16.9 Å². The summed E-state index contributed by atoms with van der Waals surface area (Å²) < 4.78 is 18.6. The van der Waals surface area contributed by atoms with E-state index >= 15 is 0 Å². The molecule has 0 aliphatic carbocycles. The summed E-state index contributed by atoms with van der Waals surface area (Å²) in [5.41, 5.74) is -0.677. The van der Waals surface area contributed by atoms with Crippen LogP contribution >= 0.6 is 0 Å². The van der Waals surface area contributed by atoms with Crippen molar-refractivity contribution in [2.75, 3.05) is 21.3 Å². The molecule has 154 valence electrons. The van der Waals surface area contributed by atoms with Gasteiger partial charge in [-0.2, -0.15) is 0 Å². The molecular weight excluding hydrogens is 380 g/mol. The molecule has 0 amide bonds. The lowest BCUT2D eigenvalue weighted by Gasteiger charge is -2.14. The summed E-state index contributed by atoms with van der Waals surface area (Å²) in [4.78, 5) is 43.3. The molecule has 0 fully saturated rings. The Labute approximate surface area is 165 Å². The Balaban J connectivity index is 2.53. The molecule has 3 rings (SSSR count). The molecule has 10 nitrogen and oxygen atoms in total. The van der Waals surface area contributed by atoms with Gasteiger partial charge in [0.05, 0.1) is 27.9 Å². The Hall–Kier alpha value is -3.56. The van der Waals surface area contributed by atoms with Gasteiger partial charge in [-0.25, -0.2) is 28.7 Å². The molecule has 29 heavy (non-hydrogen) atoms. The molecule has 2 aromatic heterocycles. The minimum absolute atomic E-state index is 0.153. The number of hydrogen-bond donors (Lipinski definition) is 1. The van der Waals surface area contributed by atoms with E-state index in [-0.39, 0.29) is 29.8 Å². The van der Waals surface area contributed by atoms with Crippen molar-refractivity contribution in [3.63, 3.8) is 0 Å². The molecule has 0 bridgehead atoms. The number of nitrogens with one attached hydrogen (secondary N) is 2. The second-order valence-corrected chi connectivity index (χ2v) is 6.17. The minimum Gasteiger partial charge on any atom is -0.493 e. The van der Waals surface area contributed by atoms with Crippen molar-refractivity contribution in [2.45, 2.75) is 26.9 Å². The van der Waals surface area contributed by atoms with Gasteiger partial charge in [0.2, 0.25) is 11.4 Å². The first-order valence-corrected chi connectivity index (χ1v) is 9.05. The van der Waals surface area contributed by atoms with Crippen LogP contribution in [0.1, 0.15) is 13.8 Å². The van der Waals surface area contributed by atoms with Crippen LogP contribution in [0, 0.1) is 0 Å². The van der Waals surface area contributed by atoms with Gasteiger partial charge >= 0.3 is 11.4 Å². The van der Waals surface area contributed by atoms with Gasteiger partial charge in [0.15, 0.2) is 16.9 Å². The third-order valence-electron chi connectivity index (χ3n) is 4.73. The number of methoxy groups -OCH3 is 3. The number of aromatic nitrogens is 4. The Bertz CT molecular complexity index is 1230. The lowest BCUT2D eigenvalue weighted by molar-refractivity contribution is -0.374. The van der Waals surface area contributed by atoms with Crippen LogP contribution in [0.4, 0.5) is 0 Å². The standard InChI is InChI=1S/C19H22N4O6/c1-6-22-16-13(17(24)23(7-2)19(22)26)14(20-18(25)21-16)10-8-11(27-3)15(29-5)12(9-10)28-4/h8-9H,6-7H2,1-5H3,(H,20,21,25)/p+1. The predicted molar refractivity (Wildman–Crippen MR) is 106 cm³/mol. The SMILES string of the molecule is CCn1c(=O)c2c(-c3cc(OC)c(OC)c(OC)c3)[nH]c(=O)[nH+]c2n(CC)c1=O. The molecule has 0 atom stereocenters. The molecule has 3 aromatic rings. The van der Waals surface area contributed by atoms with Gasteiger partial charge in [-0.05, 0) is 26.0 Å². The molecule has 0 saturated carbocycles. The fourth-order valence-electron chi connectivity index (χ4n) is 3.38. The number of H-pyrrole nitrogens is 2. The maximum absolute atomic E-state index is 13.1. The second kappa shape index (κ2) is 7.82. The normalized spacial score (nSPS) is 10.9. The third kappa shape index (κ3) is 3.16. The topological polar surface area (TPSA) is 119 Å². The predicted octanol–water partition coefficient (Wildman–Crippen LogP) is 0.398. The van der Waals surface area contributed by atoms with Crippen LogP contribution in [0.3, 0.4) is 0 Å². The van der Waals surface area contributed by atoms with Crippen LogP contribution in [0.5, 0.6) is 17.2 Å². The highest BCUT2D eigenvalue weighted by Gasteiger charge is 2.24. The smallest absolute Gasteiger partial charge is 0.439 e. The Morgan fingerprint density at radius 3 is 2.00 bits per heavy atom. The number of nitrogens with zero attached hydrogens (tertiary/aromatic N) is 2. The molecule has 2 N–H and O–H groups in total. The fraction of sp³-hybridized carbons (Fsp3) is 0.368. The van der Waals surface area contributed by atoms with Crippen molar-refractivity contribution in [3.05, 3.63) is 43.5 Å². The van der Waals surface area contributed by atoms with E-state index in [0.717, 1.165) is 4.57 Å². The van der Waals surface area contributed by atoms with E-state index in [1.807, 2.05) is 0 Å². The van der Waals surface area contributed by atoms with Crippen LogP contribution in [-0.4, -0.2) is 35.4 Å². The van der Waals surface area contributed by atoms with E-state index in [9.17, 15) is 14.4 Å². The monoisotopic (exact) mass is 403 g/mol. The van der Waals surface area contributed by atoms with Gasteiger partial charge in [0, 0.05) is 12.1 Å². The van der Waals surface area contributed by atoms with Crippen LogP contribution in [0.25, 0.3) is 22.3 Å². The summed E-state index contributed by atoms with van der Waals surface area (Å²) in [6, 6.07) is 3.26. The lowest BCUT2D eigenvalue weighted by Crippen LogP contribution is -2.45. The number of aromatic amines is 2. The number of aryl methyl sites for hydroxylation is 1. The minimum atomic E-state index is -0.559. The van der Waals surface area contributed by atoms with Crippen LogP contribution < -0.4 is 36.1 Å². The van der Waals surface area contributed by atoms with E-state index in [1.54, 1.807) is 26.0 Å². The molecule has 0 aliphatic rings. The maximum Gasteiger partial charge on any atom is 0.439 e. The van der Waals surface area contributed by atoms with Crippen LogP contribution in [0.15, 0.2) is 26.5 Å². The largest absolute Gasteiger partial charge is 0.493 e. The van der Waals surface area contributed by atoms with E-state index in [0.29, 0.717) is 22.8 Å². The second-order valence-electron chi connectivity index (χ2n) is 6.17. The number of hydrogen-bond acceptors (Lipinski definition) is 6. The molecule has 0 aliphatic heterocycles. The van der Waals surface area contributed by atoms with Crippen LogP contribution in [-0.2, 0) is 13.1 Å². The quantitative estimate of drug-likeness (QED) is 0.636. The first kappa shape index (κ1) is 20.2. The first-order chi connectivity index (χ1) is 13.9. The van der Waals surface area contributed by atoms with E-state index in [4.69, 9.17) is 14.2 Å². The number of benzene rings is 1. The number of ether oxygens (including phenoxy) is 3. The summed E-state index contributed by atoms with van der Waals surface area (Å²) in [6.45, 7) is 3.95. The van der Waals surface area contributed by atoms with Gasteiger partial charge in [-0.3, -0.25) is 4.79 Å². The molecule has 0 spiro atoms. The summed E-state index contributed by atoms with van der Waals surface area (Å²) in [7, 11) is 4.42. The van der Waals surface area contributed by atoms with E-state index in [1.165, 1.54) is 25.9 Å². The van der Waals surface area contributed by atoms with Crippen molar-refractivity contribution in [2.24, 2.45) is 0 Å². The summed E-state index contributed by atoms with van der Waals surface area (Å²) >= 11 is 0. The Morgan fingerprint density at radius 2 is 1.52 bits per heavy atom. The molecule has 1 aromatic carbocycles. The summed E-state index contributed by atoms with van der Waals surface area (Å²) in [5, 5.41) is 0.183. The maximum atomic E-state index is 13.1. The molecule has 0 radical (unpaired) electrons. The van der Waals surface area contributed by atoms with Gasteiger partial charge in [0.25, 0.3) is 5.56 Å². The third-order valence-corrected chi connectivity index (χ3v) is 4.73. The molecule has 0 saturated heterocycles. The van der Waals surface area contributed by atoms with Gasteiger partial charge in [0.1, 0.15) is 5.69 Å². The van der Waals surface area contributed by atoms with Gasteiger partial charge in [-0.15, -0.1) is 0 Å². The van der Waals surface area contributed by atoms with Gasteiger partial charge in [-0.1, -0.05) is 0 Å². The number of rotatable bonds is 6. The Morgan fingerprint density at radius 1 is 0.931 bits per heavy atom. The number of fused-ring (bicyclic) bond motifs is 1. The fourth-order valence-corrected chi connectivity index (χ4v) is 3.38. The van der Waals surface area contributed by atoms with Gasteiger partial charge < -0.3 is 14.2 Å². The average Bonchev–Trinajstić information content (AvgIpc) is 2.72.